The van der Waals surface area contributed by atoms with Crippen LogP contribution < -0.4 is 0 Å². The van der Waals surface area contributed by atoms with E-state index in [1.807, 2.05) is 6.92 Å². The molecule has 0 aromatic carbocycles. The summed E-state index contributed by atoms with van der Waals surface area (Å²) in [5.41, 5.74) is -0.656. The predicted molar refractivity (Wildman–Crippen MR) is 49.5 cm³/mol. The Balaban J connectivity index is 2.28. The molecule has 3 nitrogen and oxygen atoms in total. The van der Waals surface area contributed by atoms with Crippen LogP contribution in [-0.4, -0.2) is 17.4 Å². The van der Waals surface area contributed by atoms with Crippen molar-refractivity contribution in [2.75, 3.05) is 0 Å². The number of hydrogen-bond donors (Lipinski definition) is 0. The Morgan fingerprint density at radius 3 is 2.92 bits per heavy atom. The van der Waals surface area contributed by atoms with Gasteiger partial charge in [-0.3, -0.25) is 0 Å². The first-order valence-corrected chi connectivity index (χ1v) is 4.58. The van der Waals surface area contributed by atoms with E-state index in [-0.39, 0.29) is 11.9 Å². The second kappa shape index (κ2) is 2.69. The summed E-state index contributed by atoms with van der Waals surface area (Å²) < 4.78 is 4.97. The normalized spacial score (nSPS) is 37.8. The summed E-state index contributed by atoms with van der Waals surface area (Å²) in [6.07, 6.45) is 6.22. The van der Waals surface area contributed by atoms with Crippen LogP contribution in [0, 0.1) is 5.92 Å². The van der Waals surface area contributed by atoms with Gasteiger partial charge in [-0.05, 0) is 19.8 Å². The number of cyclic esters (lactones) is 1. The van der Waals surface area contributed by atoms with Crippen LogP contribution in [0.1, 0.15) is 26.7 Å². The van der Waals surface area contributed by atoms with Crippen molar-refractivity contribution in [3.8, 4) is 0 Å². The molecule has 0 aromatic rings. The van der Waals surface area contributed by atoms with Crippen molar-refractivity contribution in [3.63, 3.8) is 0 Å². The number of hydrogen-bond acceptors (Lipinski definition) is 3. The highest BCUT2D eigenvalue weighted by atomic mass is 16.6. The van der Waals surface area contributed by atoms with Crippen molar-refractivity contribution in [2.45, 2.75) is 32.2 Å². The smallest absolute Gasteiger partial charge is 0.340 e. The summed E-state index contributed by atoms with van der Waals surface area (Å²) in [4.78, 5) is 15.8. The van der Waals surface area contributed by atoms with E-state index in [0.29, 0.717) is 5.90 Å². The van der Waals surface area contributed by atoms with Gasteiger partial charge in [0.05, 0.1) is 0 Å². The summed E-state index contributed by atoms with van der Waals surface area (Å²) in [7, 11) is 0. The van der Waals surface area contributed by atoms with Crippen molar-refractivity contribution in [1.29, 1.82) is 0 Å². The molecule has 0 aromatic heterocycles. The Hall–Kier alpha value is -1.12. The quantitative estimate of drug-likeness (QED) is 0.454. The zero-order chi connectivity index (χ0) is 9.47. The van der Waals surface area contributed by atoms with Crippen molar-refractivity contribution in [3.05, 3.63) is 12.2 Å². The Kier molecular flexibility index (Phi) is 1.75. The molecule has 2 aliphatic rings. The third-order valence-electron chi connectivity index (χ3n) is 2.78. The van der Waals surface area contributed by atoms with Crippen molar-refractivity contribution in [2.24, 2.45) is 10.9 Å². The summed E-state index contributed by atoms with van der Waals surface area (Å²) in [6.45, 7) is 3.58. The van der Waals surface area contributed by atoms with E-state index < -0.39 is 5.54 Å². The molecule has 1 aliphatic carbocycles. The topological polar surface area (TPSA) is 38.7 Å². The van der Waals surface area contributed by atoms with Crippen LogP contribution in [-0.2, 0) is 9.53 Å². The van der Waals surface area contributed by atoms with Crippen LogP contribution in [0.25, 0.3) is 0 Å². The van der Waals surface area contributed by atoms with Gasteiger partial charge < -0.3 is 4.74 Å². The van der Waals surface area contributed by atoms with Crippen LogP contribution in [0.15, 0.2) is 17.1 Å². The van der Waals surface area contributed by atoms with Gasteiger partial charge in [0.15, 0.2) is 11.4 Å². The van der Waals surface area contributed by atoms with E-state index in [9.17, 15) is 4.79 Å². The van der Waals surface area contributed by atoms with Crippen LogP contribution in [0.2, 0.25) is 0 Å². The van der Waals surface area contributed by atoms with Gasteiger partial charge in [-0.2, -0.15) is 0 Å². The Bertz CT molecular complexity index is 306. The van der Waals surface area contributed by atoms with Gasteiger partial charge >= 0.3 is 5.97 Å². The van der Waals surface area contributed by atoms with E-state index in [2.05, 4.69) is 17.1 Å². The fraction of sp³-hybridized carbons (Fsp3) is 0.600. The number of esters is 1. The first-order chi connectivity index (χ1) is 6.13. The van der Waals surface area contributed by atoms with Crippen molar-refractivity contribution >= 4 is 11.9 Å². The molecule has 0 amide bonds. The fourth-order valence-corrected chi connectivity index (χ4v) is 1.97. The molecule has 0 fully saturated rings. The molecule has 0 saturated heterocycles. The number of carbonyl (C=O) groups excluding carboxylic acids is 1. The lowest BCUT2D eigenvalue weighted by Crippen LogP contribution is -2.37. The zero-order valence-corrected chi connectivity index (χ0v) is 7.91. The molecular weight excluding hydrogens is 166 g/mol. The lowest BCUT2D eigenvalue weighted by atomic mass is 9.86. The Labute approximate surface area is 77.5 Å². The maximum absolute atomic E-state index is 11.5. The Morgan fingerprint density at radius 2 is 2.46 bits per heavy atom. The standard InChI is InChI=1S/C10H13NO2/c1-7-11-10(2,9(12)13-7)8-5-3-4-6-8/h3,5,8H,4,6H2,1-2H3. The second-order valence-electron chi connectivity index (χ2n) is 3.78. The SMILES string of the molecule is CC1=NC(C)(C2C=CCC2)C(=O)O1. The summed E-state index contributed by atoms with van der Waals surface area (Å²) in [5.74, 6) is 0.506. The number of allylic oxidation sites excluding steroid dienone is 1. The number of nitrogens with zero attached hydrogens (tertiary/aromatic N) is 1. The first-order valence-electron chi connectivity index (χ1n) is 4.58. The molecular formula is C10H13NO2. The van der Waals surface area contributed by atoms with Gasteiger partial charge in [-0.15, -0.1) is 0 Å². The molecule has 0 spiro atoms. The minimum Gasteiger partial charge on any atom is -0.410 e. The van der Waals surface area contributed by atoms with E-state index >= 15 is 0 Å². The summed E-state index contributed by atoms with van der Waals surface area (Å²) >= 11 is 0. The molecule has 0 radical (unpaired) electrons. The van der Waals surface area contributed by atoms with Crippen LogP contribution in [0.4, 0.5) is 0 Å². The molecule has 0 bridgehead atoms. The van der Waals surface area contributed by atoms with Gasteiger partial charge in [0, 0.05) is 12.8 Å². The fourth-order valence-electron chi connectivity index (χ4n) is 1.97. The van der Waals surface area contributed by atoms with E-state index in [1.54, 1.807) is 6.92 Å². The minimum absolute atomic E-state index is 0.207. The van der Waals surface area contributed by atoms with Gasteiger partial charge in [0.2, 0.25) is 0 Å². The summed E-state index contributed by atoms with van der Waals surface area (Å²) in [6, 6.07) is 0. The molecule has 1 aliphatic heterocycles. The van der Waals surface area contributed by atoms with E-state index in [0.717, 1.165) is 12.8 Å². The van der Waals surface area contributed by atoms with Crippen LogP contribution >= 0.6 is 0 Å². The van der Waals surface area contributed by atoms with Gasteiger partial charge in [-0.1, -0.05) is 12.2 Å². The third kappa shape index (κ3) is 1.19. The molecule has 70 valence electrons. The molecule has 0 N–H and O–H groups in total. The van der Waals surface area contributed by atoms with E-state index in [1.165, 1.54) is 0 Å². The number of ether oxygens (including phenoxy) is 1. The molecule has 2 unspecified atom stereocenters. The number of aliphatic imine (C=N–C) groups is 1. The van der Waals surface area contributed by atoms with Crippen LogP contribution in [0.5, 0.6) is 0 Å². The average Bonchev–Trinajstić information content (AvgIpc) is 2.61. The maximum atomic E-state index is 11.5. The molecule has 13 heavy (non-hydrogen) atoms. The third-order valence-corrected chi connectivity index (χ3v) is 2.78. The largest absolute Gasteiger partial charge is 0.410 e. The molecule has 2 rings (SSSR count). The molecule has 1 heterocycles. The van der Waals surface area contributed by atoms with Gasteiger partial charge in [-0.25, -0.2) is 9.79 Å². The maximum Gasteiger partial charge on any atom is 0.340 e. The minimum atomic E-state index is -0.656. The Morgan fingerprint density at radius 1 is 1.69 bits per heavy atom. The highest BCUT2D eigenvalue weighted by Gasteiger charge is 2.46. The molecule has 3 heteroatoms. The van der Waals surface area contributed by atoms with Crippen molar-refractivity contribution < 1.29 is 9.53 Å². The summed E-state index contributed by atoms with van der Waals surface area (Å²) in [5, 5.41) is 0. The monoisotopic (exact) mass is 179 g/mol. The van der Waals surface area contributed by atoms with Crippen molar-refractivity contribution in [1.82, 2.24) is 0 Å². The van der Waals surface area contributed by atoms with Gasteiger partial charge in [0.1, 0.15) is 0 Å². The average molecular weight is 179 g/mol. The highest BCUT2D eigenvalue weighted by molar-refractivity contribution is 5.99. The lowest BCUT2D eigenvalue weighted by Gasteiger charge is -2.22. The molecule has 0 saturated carbocycles. The number of rotatable bonds is 1. The first kappa shape index (κ1) is 8.48. The van der Waals surface area contributed by atoms with E-state index in [4.69, 9.17) is 4.74 Å². The van der Waals surface area contributed by atoms with Crippen LogP contribution in [0.3, 0.4) is 0 Å². The lowest BCUT2D eigenvalue weighted by molar-refractivity contribution is -0.139. The molecule has 2 atom stereocenters. The van der Waals surface area contributed by atoms with Gasteiger partial charge in [0.25, 0.3) is 0 Å². The number of carbonyl (C=O) groups is 1. The second-order valence-corrected chi connectivity index (χ2v) is 3.78. The predicted octanol–water partition coefficient (Wildman–Crippen LogP) is 1.69. The highest BCUT2D eigenvalue weighted by Crippen LogP contribution is 2.35. The zero-order valence-electron chi connectivity index (χ0n) is 7.91.